The molecule has 694 valence electrons. The number of aliphatic hydroxyl groups is 1. The number of benzene rings is 18. The summed E-state index contributed by atoms with van der Waals surface area (Å²) in [5.41, 5.74) is 23.0. The number of allylic oxidation sites excluding steroid dienone is 3. The summed E-state index contributed by atoms with van der Waals surface area (Å²) in [7, 11) is 8.40. The van der Waals surface area contributed by atoms with E-state index in [0.717, 1.165) is 126 Å². The third-order valence-corrected chi connectivity index (χ3v) is 24.5. The maximum atomic E-state index is 13.4. The maximum Gasteiger partial charge on any atom is 0.193 e. The number of rotatable bonds is 24. The first-order chi connectivity index (χ1) is 65.7. The minimum Gasteiger partial charge on any atom is -0.496 e. The second kappa shape index (κ2) is 51.7. The second-order valence-electron chi connectivity index (χ2n) is 33.6. The SMILES string of the molecule is CC(C)=Cc1ccccc1Br.COc1ccc(Br)cc1Cc1cccc2ccccc12.COc1ccc(C(=O)c2ccccc2C=C(C)C)cc1Cc1cccc2ccccc12.COc1ccc(C(O)c2ccccc2C=C(C)C)cc1Cc1cccc2ccccc12.COc1ccc(C=O)cc1Cc1cccc2ccccc12.COc1ccc(C=O)cc1Cc1cccc2ccccc12.[CH3-].[Pd]. The summed E-state index contributed by atoms with van der Waals surface area (Å²) in [5, 5.41) is 23.6. The summed E-state index contributed by atoms with van der Waals surface area (Å²) in [6.07, 6.45) is 11.1. The average Bonchev–Trinajstić information content (AvgIpc) is 0.799. The van der Waals surface area contributed by atoms with Gasteiger partial charge in [-0.1, -0.05) is 352 Å². The molecule has 1 atom stereocenters. The van der Waals surface area contributed by atoms with Gasteiger partial charge in [0.2, 0.25) is 0 Å². The van der Waals surface area contributed by atoms with Crippen LogP contribution in [0.15, 0.2) is 402 Å². The van der Waals surface area contributed by atoms with E-state index in [9.17, 15) is 19.5 Å². The number of aliphatic hydroxyl groups excluding tert-OH is 1. The van der Waals surface area contributed by atoms with Gasteiger partial charge in [0.1, 0.15) is 47.4 Å². The monoisotopic (exact) mass is 2020 g/mol. The summed E-state index contributed by atoms with van der Waals surface area (Å²) in [6, 6.07) is 127. The van der Waals surface area contributed by atoms with Crippen LogP contribution < -0.4 is 23.7 Å². The van der Waals surface area contributed by atoms with Crippen LogP contribution in [-0.2, 0) is 52.5 Å². The van der Waals surface area contributed by atoms with E-state index < -0.39 is 6.10 Å². The Morgan fingerprint density at radius 2 is 0.591 bits per heavy atom. The van der Waals surface area contributed by atoms with E-state index in [-0.39, 0.29) is 33.6 Å². The number of carbonyl (C=O) groups excluding carboxylic acids is 3. The minimum atomic E-state index is -0.705. The Bertz CT molecular complexity index is 7110. The van der Waals surface area contributed by atoms with Gasteiger partial charge in [0, 0.05) is 83.7 Å². The Kier molecular flexibility index (Phi) is 39.1. The molecule has 0 aliphatic rings. The van der Waals surface area contributed by atoms with Gasteiger partial charge < -0.3 is 36.2 Å². The van der Waals surface area contributed by atoms with Crippen LogP contribution in [0.5, 0.6) is 28.7 Å². The maximum absolute atomic E-state index is 13.4. The number of aldehydes is 2. The first-order valence-corrected chi connectivity index (χ1v) is 46.7. The van der Waals surface area contributed by atoms with Gasteiger partial charge in [0.25, 0.3) is 0 Å². The molecule has 0 aliphatic carbocycles. The molecule has 0 heterocycles. The third-order valence-electron chi connectivity index (χ3n) is 23.3. The first kappa shape index (κ1) is 104. The van der Waals surface area contributed by atoms with E-state index in [4.69, 9.17) is 23.7 Å². The normalized spacial score (nSPS) is 10.6. The van der Waals surface area contributed by atoms with E-state index in [0.29, 0.717) is 28.7 Å². The predicted molar refractivity (Wildman–Crippen MR) is 576 cm³/mol. The zero-order chi connectivity index (χ0) is 95.1. The van der Waals surface area contributed by atoms with E-state index >= 15 is 0 Å². The third kappa shape index (κ3) is 27.9. The molecule has 0 aliphatic heterocycles. The Morgan fingerprint density at radius 3 is 0.971 bits per heavy atom. The van der Waals surface area contributed by atoms with Crippen molar-refractivity contribution in [2.45, 2.75) is 79.8 Å². The van der Waals surface area contributed by atoms with Crippen LogP contribution in [0.2, 0.25) is 0 Å². The van der Waals surface area contributed by atoms with Crippen LogP contribution in [0.1, 0.15) is 168 Å². The Labute approximate surface area is 838 Å². The topological polar surface area (TPSA) is 118 Å². The van der Waals surface area contributed by atoms with E-state index in [1.807, 2.05) is 172 Å². The van der Waals surface area contributed by atoms with Gasteiger partial charge >= 0.3 is 0 Å². The van der Waals surface area contributed by atoms with E-state index in [1.54, 1.807) is 47.7 Å². The zero-order valence-electron chi connectivity index (χ0n) is 79.6. The number of hydrogen-bond donors (Lipinski definition) is 1. The van der Waals surface area contributed by atoms with E-state index in [2.05, 4.69) is 284 Å². The molecule has 0 fully saturated rings. The predicted octanol–water partition coefficient (Wildman–Crippen LogP) is 32.1. The quantitative estimate of drug-likeness (QED) is 0.0273. The number of ether oxygens (including phenoxy) is 5. The number of halogens is 2. The summed E-state index contributed by atoms with van der Waals surface area (Å²) in [6.45, 7) is 12.4. The molecule has 0 bridgehead atoms. The Balaban J connectivity index is 0.000000161. The molecule has 0 aromatic heterocycles. The van der Waals surface area contributed by atoms with Gasteiger partial charge in [0.05, 0.1) is 35.5 Å². The van der Waals surface area contributed by atoms with E-state index in [1.165, 1.54) is 104 Å². The average molecular weight is 2030 g/mol. The largest absolute Gasteiger partial charge is 0.496 e. The number of methoxy groups -OCH3 is 5. The molecular formula is C125H115Br2O9Pd-. The summed E-state index contributed by atoms with van der Waals surface area (Å²) < 4.78 is 29.8. The molecule has 0 spiro atoms. The van der Waals surface area contributed by atoms with Crippen molar-refractivity contribution in [3.63, 3.8) is 0 Å². The molecule has 18 aromatic carbocycles. The molecular weight excluding hydrogens is 1910 g/mol. The van der Waals surface area contributed by atoms with Crippen molar-refractivity contribution in [2.75, 3.05) is 35.5 Å². The number of fused-ring (bicyclic) bond motifs is 5. The molecule has 12 heteroatoms. The fraction of sp³-hybridized carbons (Fsp3) is 0.136. The van der Waals surface area contributed by atoms with Crippen LogP contribution in [0, 0.1) is 7.43 Å². The van der Waals surface area contributed by atoms with Gasteiger partial charge in [-0.3, -0.25) is 14.4 Å². The van der Waals surface area contributed by atoms with Gasteiger partial charge in [0.15, 0.2) is 5.78 Å². The van der Waals surface area contributed by atoms with Crippen LogP contribution in [0.4, 0.5) is 0 Å². The van der Waals surface area contributed by atoms with Gasteiger partial charge in [-0.25, -0.2) is 0 Å². The fourth-order valence-electron chi connectivity index (χ4n) is 16.9. The molecule has 18 aromatic rings. The molecule has 9 nitrogen and oxygen atoms in total. The molecule has 137 heavy (non-hydrogen) atoms. The van der Waals surface area contributed by atoms with Crippen molar-refractivity contribution in [1.29, 1.82) is 0 Å². The standard InChI is InChI=1S/C29H28O2.C29H26O2.2C19H16O2.C18H15BrO.C10H11Br.CH3.Pd/c2*1-20(2)17-22-10-5-7-14-27(22)29(30)24-15-16-28(31-3)25(19-24)18-23-12-8-11-21-9-4-6-13-26(21)23;2*1-21-19-10-9-14(13-20)11-17(19)12-16-7-4-6-15-5-2-3-8-18(15)16;1-20-18-10-9-16(19)12-15(18)11-14-7-4-6-13-5-2-3-8-17(13)14;1-8(2)7-9-5-3-4-6-10(9)11;;/h4-17,19,29-30H,18H2,1-3H3;4-17,19H,18H2,1-3H3;2*2-11,13H,12H2,1H3;2-10,12H,11H2,1H3;3-7H,1-2H3;1H3;/q;;;;;;-1;. The van der Waals surface area contributed by atoms with Crippen molar-refractivity contribution in [1.82, 2.24) is 0 Å². The molecule has 0 amide bonds. The smallest absolute Gasteiger partial charge is 0.193 e. The van der Waals surface area contributed by atoms with Crippen LogP contribution in [0.25, 0.3) is 72.1 Å². The zero-order valence-corrected chi connectivity index (χ0v) is 84.3. The van der Waals surface area contributed by atoms with Crippen molar-refractivity contribution in [2.24, 2.45) is 0 Å². The summed E-state index contributed by atoms with van der Waals surface area (Å²) >= 11 is 7.01. The molecule has 0 saturated carbocycles. The number of ketones is 1. The van der Waals surface area contributed by atoms with Crippen LogP contribution in [-0.4, -0.2) is 59.0 Å². The first-order valence-electron chi connectivity index (χ1n) is 45.1. The van der Waals surface area contributed by atoms with Crippen molar-refractivity contribution in [3.05, 3.63) is 515 Å². The van der Waals surface area contributed by atoms with Gasteiger partial charge in [-0.15, -0.1) is 0 Å². The Morgan fingerprint density at radius 1 is 0.299 bits per heavy atom. The molecule has 0 saturated heterocycles. The second-order valence-corrected chi connectivity index (χ2v) is 35.4. The number of hydrogen-bond acceptors (Lipinski definition) is 9. The molecule has 1 unspecified atom stereocenters. The molecule has 1 N–H and O–H groups in total. The Hall–Kier alpha value is -13.9. The van der Waals surface area contributed by atoms with Crippen LogP contribution >= 0.6 is 31.9 Å². The summed E-state index contributed by atoms with van der Waals surface area (Å²) in [5.74, 6) is 4.21. The fourth-order valence-corrected chi connectivity index (χ4v) is 17.7. The van der Waals surface area contributed by atoms with Gasteiger partial charge in [-0.2, -0.15) is 0 Å². The molecule has 18 rings (SSSR count). The van der Waals surface area contributed by atoms with Crippen molar-refractivity contribution in [3.8, 4) is 28.7 Å². The number of carbonyl (C=O) groups is 3. The minimum absolute atomic E-state index is 0. The molecule has 0 radical (unpaired) electrons. The van der Waals surface area contributed by atoms with Gasteiger partial charge in [-0.05, 0) is 270 Å². The summed E-state index contributed by atoms with van der Waals surface area (Å²) in [4.78, 5) is 35.4. The van der Waals surface area contributed by atoms with Crippen LogP contribution in [0.3, 0.4) is 0 Å². The van der Waals surface area contributed by atoms with Crippen molar-refractivity contribution < 1.29 is 63.6 Å². The van der Waals surface area contributed by atoms with Crippen molar-refractivity contribution >= 4 is 122 Å².